The van der Waals surface area contributed by atoms with Crippen LogP contribution in [0.5, 0.6) is 11.5 Å². The molecule has 5 heteroatoms. The van der Waals surface area contributed by atoms with Crippen LogP contribution in [-0.4, -0.2) is 23.8 Å². The molecule has 1 heterocycles. The molecular weight excluding hydrogens is 242 g/mol. The lowest BCUT2D eigenvalue weighted by atomic mass is 10.0. The Morgan fingerprint density at radius 3 is 2.32 bits per heavy atom. The second kappa shape index (κ2) is 5.75. The van der Waals surface area contributed by atoms with Crippen LogP contribution in [0, 0.1) is 0 Å². The number of aromatic nitrogens is 2. The summed E-state index contributed by atoms with van der Waals surface area (Å²) >= 11 is 0. The smallest absolute Gasteiger partial charge is 0.122 e. The Morgan fingerprint density at radius 2 is 1.84 bits per heavy atom. The third kappa shape index (κ3) is 3.06. The molecule has 19 heavy (non-hydrogen) atoms. The van der Waals surface area contributed by atoms with Crippen LogP contribution in [0.4, 0.5) is 0 Å². The zero-order chi connectivity index (χ0) is 13.8. The fourth-order valence-electron chi connectivity index (χ4n) is 1.95. The van der Waals surface area contributed by atoms with Gasteiger partial charge < -0.3 is 19.8 Å². The fourth-order valence-corrected chi connectivity index (χ4v) is 1.95. The van der Waals surface area contributed by atoms with Gasteiger partial charge in [-0.05, 0) is 17.7 Å². The van der Waals surface area contributed by atoms with Gasteiger partial charge in [0.2, 0.25) is 0 Å². The maximum Gasteiger partial charge on any atom is 0.122 e. The summed E-state index contributed by atoms with van der Waals surface area (Å²) in [5, 5.41) is 0. The van der Waals surface area contributed by atoms with Crippen molar-refractivity contribution in [2.24, 2.45) is 12.8 Å². The number of benzene rings is 1. The number of ether oxygens (including phenoxy) is 2. The van der Waals surface area contributed by atoms with Crippen molar-refractivity contribution in [3.8, 4) is 11.5 Å². The van der Waals surface area contributed by atoms with Crippen molar-refractivity contribution in [2.75, 3.05) is 14.2 Å². The Hall–Kier alpha value is -2.01. The number of nitrogens with zero attached hydrogens (tertiary/aromatic N) is 2. The predicted octanol–water partition coefficient (Wildman–Crippen LogP) is 1.68. The van der Waals surface area contributed by atoms with E-state index < -0.39 is 0 Å². The van der Waals surface area contributed by atoms with Gasteiger partial charge in [0.15, 0.2) is 0 Å². The number of hydrogen-bond acceptors (Lipinski definition) is 4. The second-order valence-corrected chi connectivity index (χ2v) is 4.41. The lowest BCUT2D eigenvalue weighted by Crippen LogP contribution is -2.16. The normalized spacial score (nSPS) is 12.2. The highest BCUT2D eigenvalue weighted by atomic mass is 16.5. The first-order chi connectivity index (χ1) is 9.13. The Labute approximate surface area is 113 Å². The van der Waals surface area contributed by atoms with Crippen molar-refractivity contribution in [3.05, 3.63) is 42.0 Å². The summed E-state index contributed by atoms with van der Waals surface area (Å²) in [5.74, 6) is 2.43. The minimum Gasteiger partial charge on any atom is -0.497 e. The molecule has 1 aromatic heterocycles. The van der Waals surface area contributed by atoms with Gasteiger partial charge in [-0.1, -0.05) is 0 Å². The summed E-state index contributed by atoms with van der Waals surface area (Å²) in [5.41, 5.74) is 7.21. The SMILES string of the molecule is COc1cc(OC)cc(C(N)Cc2nccn2C)c1. The average Bonchev–Trinajstić information content (AvgIpc) is 2.83. The molecular formula is C14H19N3O2. The highest BCUT2D eigenvalue weighted by Gasteiger charge is 2.12. The zero-order valence-corrected chi connectivity index (χ0v) is 11.5. The molecule has 0 bridgehead atoms. The van der Waals surface area contributed by atoms with Crippen LogP contribution in [0.15, 0.2) is 30.6 Å². The molecule has 0 fully saturated rings. The first-order valence-corrected chi connectivity index (χ1v) is 6.08. The van der Waals surface area contributed by atoms with Gasteiger partial charge in [-0.3, -0.25) is 0 Å². The second-order valence-electron chi connectivity index (χ2n) is 4.41. The van der Waals surface area contributed by atoms with Crippen LogP contribution in [0.2, 0.25) is 0 Å². The molecule has 0 aliphatic rings. The molecule has 2 aromatic rings. The summed E-state index contributed by atoms with van der Waals surface area (Å²) in [6, 6.07) is 5.54. The molecule has 0 aliphatic carbocycles. The number of hydrogen-bond donors (Lipinski definition) is 1. The zero-order valence-electron chi connectivity index (χ0n) is 11.5. The van der Waals surface area contributed by atoms with Gasteiger partial charge in [-0.15, -0.1) is 0 Å². The van der Waals surface area contributed by atoms with E-state index >= 15 is 0 Å². The summed E-state index contributed by atoms with van der Waals surface area (Å²) in [7, 11) is 5.22. The van der Waals surface area contributed by atoms with E-state index in [-0.39, 0.29) is 6.04 Å². The largest absolute Gasteiger partial charge is 0.497 e. The van der Waals surface area contributed by atoms with Gasteiger partial charge in [0, 0.05) is 38.0 Å². The Morgan fingerprint density at radius 1 is 1.21 bits per heavy atom. The van der Waals surface area contributed by atoms with Crippen LogP contribution >= 0.6 is 0 Å². The van der Waals surface area contributed by atoms with E-state index in [0.717, 1.165) is 22.9 Å². The lowest BCUT2D eigenvalue weighted by molar-refractivity contribution is 0.392. The van der Waals surface area contributed by atoms with Crippen LogP contribution in [0.25, 0.3) is 0 Å². The van der Waals surface area contributed by atoms with Crippen LogP contribution in [0.1, 0.15) is 17.4 Å². The Balaban J connectivity index is 2.23. The number of rotatable bonds is 5. The number of methoxy groups -OCH3 is 2. The van der Waals surface area contributed by atoms with Crippen LogP contribution < -0.4 is 15.2 Å². The molecule has 1 unspecified atom stereocenters. The highest BCUT2D eigenvalue weighted by Crippen LogP contribution is 2.26. The fraction of sp³-hybridized carbons (Fsp3) is 0.357. The van der Waals surface area contributed by atoms with Crippen molar-refractivity contribution >= 4 is 0 Å². The van der Waals surface area contributed by atoms with Gasteiger partial charge in [0.05, 0.1) is 14.2 Å². The molecule has 0 radical (unpaired) electrons. The monoisotopic (exact) mass is 261 g/mol. The van der Waals surface area contributed by atoms with E-state index in [1.54, 1.807) is 20.4 Å². The third-order valence-corrected chi connectivity index (χ3v) is 3.13. The third-order valence-electron chi connectivity index (χ3n) is 3.13. The van der Waals surface area contributed by atoms with Gasteiger partial charge in [0.25, 0.3) is 0 Å². The molecule has 1 atom stereocenters. The van der Waals surface area contributed by atoms with E-state index in [2.05, 4.69) is 4.98 Å². The molecule has 1 aromatic carbocycles. The number of imidazole rings is 1. The van der Waals surface area contributed by atoms with E-state index in [1.165, 1.54) is 0 Å². The molecule has 0 saturated carbocycles. The highest BCUT2D eigenvalue weighted by molar-refractivity contribution is 5.40. The number of nitrogens with two attached hydrogens (primary N) is 1. The predicted molar refractivity (Wildman–Crippen MR) is 73.4 cm³/mol. The maximum absolute atomic E-state index is 6.24. The van der Waals surface area contributed by atoms with Crippen molar-refractivity contribution in [1.29, 1.82) is 0 Å². The Kier molecular flexibility index (Phi) is 4.06. The number of aryl methyl sites for hydroxylation is 1. The van der Waals surface area contributed by atoms with Crippen LogP contribution in [-0.2, 0) is 13.5 Å². The standard InChI is InChI=1S/C14H19N3O2/c1-17-5-4-16-14(17)9-13(15)10-6-11(18-2)8-12(7-10)19-3/h4-8,13H,9,15H2,1-3H3. The summed E-state index contributed by atoms with van der Waals surface area (Å²) < 4.78 is 12.5. The van der Waals surface area contributed by atoms with Gasteiger partial charge in [0.1, 0.15) is 17.3 Å². The van der Waals surface area contributed by atoms with Crippen LogP contribution in [0.3, 0.4) is 0 Å². The molecule has 0 saturated heterocycles. The summed E-state index contributed by atoms with van der Waals surface area (Å²) in [6.07, 6.45) is 4.35. The molecule has 5 nitrogen and oxygen atoms in total. The van der Waals surface area contributed by atoms with E-state index in [0.29, 0.717) is 6.42 Å². The van der Waals surface area contributed by atoms with Gasteiger partial charge in [-0.25, -0.2) is 4.98 Å². The maximum atomic E-state index is 6.24. The van der Waals surface area contributed by atoms with E-state index in [9.17, 15) is 0 Å². The molecule has 2 rings (SSSR count). The van der Waals surface area contributed by atoms with Crippen molar-refractivity contribution in [1.82, 2.24) is 9.55 Å². The van der Waals surface area contributed by atoms with Crippen molar-refractivity contribution in [3.63, 3.8) is 0 Å². The van der Waals surface area contributed by atoms with E-state index in [1.807, 2.05) is 36.0 Å². The minimum atomic E-state index is -0.148. The van der Waals surface area contributed by atoms with Gasteiger partial charge >= 0.3 is 0 Å². The molecule has 0 aliphatic heterocycles. The summed E-state index contributed by atoms with van der Waals surface area (Å²) in [4.78, 5) is 4.29. The minimum absolute atomic E-state index is 0.148. The van der Waals surface area contributed by atoms with E-state index in [4.69, 9.17) is 15.2 Å². The average molecular weight is 261 g/mol. The van der Waals surface area contributed by atoms with Crippen molar-refractivity contribution < 1.29 is 9.47 Å². The topological polar surface area (TPSA) is 62.3 Å². The lowest BCUT2D eigenvalue weighted by Gasteiger charge is -2.14. The molecule has 0 spiro atoms. The first-order valence-electron chi connectivity index (χ1n) is 6.08. The van der Waals surface area contributed by atoms with Gasteiger partial charge in [-0.2, -0.15) is 0 Å². The molecule has 102 valence electrons. The summed E-state index contributed by atoms with van der Waals surface area (Å²) in [6.45, 7) is 0. The molecule has 2 N–H and O–H groups in total. The Bertz CT molecular complexity index is 529. The quantitative estimate of drug-likeness (QED) is 0.889. The van der Waals surface area contributed by atoms with Crippen molar-refractivity contribution in [2.45, 2.75) is 12.5 Å². The molecule has 0 amide bonds. The first kappa shape index (κ1) is 13.4.